The molecule has 1 aromatic rings. The summed E-state index contributed by atoms with van der Waals surface area (Å²) in [5.74, 6) is 1.04. The fourth-order valence-electron chi connectivity index (χ4n) is 2.90. The second-order valence-corrected chi connectivity index (χ2v) is 6.37. The standard InChI is InChI=1S/C15H19ClN2O2/c1-15(2)14(19)18(5-4-17-15)9-11-8-12(16)7-10-3-6-20-13(10)11/h7-8,17H,3-6,9H2,1-2H3. The van der Waals surface area contributed by atoms with E-state index < -0.39 is 5.54 Å². The predicted octanol–water partition coefficient (Wildman–Crippen LogP) is 1.99. The van der Waals surface area contributed by atoms with Crippen LogP contribution >= 0.6 is 11.6 Å². The van der Waals surface area contributed by atoms with Gasteiger partial charge in [0, 0.05) is 36.6 Å². The minimum atomic E-state index is -0.499. The van der Waals surface area contributed by atoms with Crippen LogP contribution in [0.15, 0.2) is 12.1 Å². The van der Waals surface area contributed by atoms with Crippen LogP contribution in [0.4, 0.5) is 0 Å². The Hall–Kier alpha value is -1.26. The Labute approximate surface area is 124 Å². The van der Waals surface area contributed by atoms with Crippen LogP contribution < -0.4 is 10.1 Å². The number of nitrogens with zero attached hydrogens (tertiary/aromatic N) is 1. The fraction of sp³-hybridized carbons (Fsp3) is 0.533. The summed E-state index contributed by atoms with van der Waals surface area (Å²) in [7, 11) is 0. The van der Waals surface area contributed by atoms with E-state index in [-0.39, 0.29) is 5.91 Å². The first-order valence-corrected chi connectivity index (χ1v) is 7.34. The van der Waals surface area contributed by atoms with Crippen molar-refractivity contribution < 1.29 is 9.53 Å². The number of rotatable bonds is 2. The first-order chi connectivity index (χ1) is 9.47. The molecule has 0 spiro atoms. The van der Waals surface area contributed by atoms with Crippen molar-refractivity contribution in [1.82, 2.24) is 10.2 Å². The summed E-state index contributed by atoms with van der Waals surface area (Å²) < 4.78 is 5.70. The number of amides is 1. The molecule has 2 aliphatic rings. The Morgan fingerprint density at radius 3 is 3.05 bits per heavy atom. The van der Waals surface area contributed by atoms with Gasteiger partial charge in [-0.3, -0.25) is 4.79 Å². The van der Waals surface area contributed by atoms with Crippen molar-refractivity contribution in [3.05, 3.63) is 28.3 Å². The Balaban J connectivity index is 1.87. The highest BCUT2D eigenvalue weighted by molar-refractivity contribution is 6.30. The fourth-order valence-corrected chi connectivity index (χ4v) is 3.16. The van der Waals surface area contributed by atoms with Crippen LogP contribution in [0, 0.1) is 0 Å². The molecule has 0 aliphatic carbocycles. The van der Waals surface area contributed by atoms with E-state index in [1.165, 1.54) is 0 Å². The van der Waals surface area contributed by atoms with Crippen molar-refractivity contribution in [2.24, 2.45) is 0 Å². The lowest BCUT2D eigenvalue weighted by atomic mass is 9.99. The molecule has 20 heavy (non-hydrogen) atoms. The van der Waals surface area contributed by atoms with Crippen molar-refractivity contribution in [2.75, 3.05) is 19.7 Å². The van der Waals surface area contributed by atoms with Crippen molar-refractivity contribution in [2.45, 2.75) is 32.4 Å². The number of carbonyl (C=O) groups excluding carboxylic acids is 1. The number of fused-ring (bicyclic) bond motifs is 1. The number of carbonyl (C=O) groups is 1. The van der Waals surface area contributed by atoms with Gasteiger partial charge in [-0.05, 0) is 31.5 Å². The van der Waals surface area contributed by atoms with E-state index in [1.807, 2.05) is 30.9 Å². The van der Waals surface area contributed by atoms with Gasteiger partial charge < -0.3 is 15.0 Å². The van der Waals surface area contributed by atoms with Crippen LogP contribution in [-0.2, 0) is 17.8 Å². The third-order valence-corrected chi connectivity index (χ3v) is 4.18. The van der Waals surface area contributed by atoms with Crippen molar-refractivity contribution in [3.63, 3.8) is 0 Å². The number of nitrogens with one attached hydrogen (secondary N) is 1. The van der Waals surface area contributed by atoms with E-state index in [2.05, 4.69) is 5.32 Å². The zero-order valence-electron chi connectivity index (χ0n) is 11.8. The van der Waals surface area contributed by atoms with Gasteiger partial charge in [-0.2, -0.15) is 0 Å². The van der Waals surface area contributed by atoms with E-state index >= 15 is 0 Å². The molecule has 1 N–H and O–H groups in total. The second kappa shape index (κ2) is 4.93. The molecule has 2 heterocycles. The van der Waals surface area contributed by atoms with Crippen LogP contribution in [0.25, 0.3) is 0 Å². The van der Waals surface area contributed by atoms with Gasteiger partial charge in [-0.25, -0.2) is 0 Å². The zero-order chi connectivity index (χ0) is 14.3. The molecule has 4 nitrogen and oxygen atoms in total. The molecule has 0 radical (unpaired) electrons. The lowest BCUT2D eigenvalue weighted by Crippen LogP contribution is -2.60. The maximum absolute atomic E-state index is 12.4. The van der Waals surface area contributed by atoms with E-state index in [1.54, 1.807) is 0 Å². The van der Waals surface area contributed by atoms with Gasteiger partial charge in [0.25, 0.3) is 0 Å². The Bertz CT molecular complexity index is 557. The molecular formula is C15H19ClN2O2. The molecular weight excluding hydrogens is 276 g/mol. The molecule has 2 aliphatic heterocycles. The maximum Gasteiger partial charge on any atom is 0.242 e. The molecule has 0 unspecified atom stereocenters. The largest absolute Gasteiger partial charge is 0.493 e. The highest BCUT2D eigenvalue weighted by Gasteiger charge is 2.35. The molecule has 5 heteroatoms. The van der Waals surface area contributed by atoms with Crippen LogP contribution in [0.2, 0.25) is 5.02 Å². The second-order valence-electron chi connectivity index (χ2n) is 5.93. The van der Waals surface area contributed by atoms with Crippen LogP contribution in [0.5, 0.6) is 5.75 Å². The lowest BCUT2D eigenvalue weighted by Gasteiger charge is -2.38. The average Bonchev–Trinajstić information content (AvgIpc) is 2.83. The van der Waals surface area contributed by atoms with Gasteiger partial charge >= 0.3 is 0 Å². The van der Waals surface area contributed by atoms with E-state index in [4.69, 9.17) is 16.3 Å². The Morgan fingerprint density at radius 2 is 2.25 bits per heavy atom. The maximum atomic E-state index is 12.4. The minimum absolute atomic E-state index is 0.121. The van der Waals surface area contributed by atoms with Gasteiger partial charge in [0.05, 0.1) is 12.1 Å². The summed E-state index contributed by atoms with van der Waals surface area (Å²) in [6.07, 6.45) is 0.893. The van der Waals surface area contributed by atoms with Crippen LogP contribution in [0.3, 0.4) is 0 Å². The summed E-state index contributed by atoms with van der Waals surface area (Å²) in [6, 6.07) is 3.87. The van der Waals surface area contributed by atoms with Crippen LogP contribution in [-0.4, -0.2) is 36.0 Å². The molecule has 0 atom stereocenters. The SMILES string of the molecule is CC1(C)NCCN(Cc2cc(Cl)cc3c2OCC3)C1=O. The number of benzene rings is 1. The topological polar surface area (TPSA) is 41.6 Å². The molecule has 0 aromatic heterocycles. The van der Waals surface area contributed by atoms with Crippen molar-refractivity contribution >= 4 is 17.5 Å². The highest BCUT2D eigenvalue weighted by atomic mass is 35.5. The summed E-state index contributed by atoms with van der Waals surface area (Å²) >= 11 is 6.17. The summed E-state index contributed by atoms with van der Waals surface area (Å²) in [5, 5.41) is 3.95. The lowest BCUT2D eigenvalue weighted by molar-refractivity contribution is -0.140. The molecule has 0 bridgehead atoms. The van der Waals surface area contributed by atoms with E-state index in [9.17, 15) is 4.79 Å². The van der Waals surface area contributed by atoms with Crippen molar-refractivity contribution in [3.8, 4) is 5.75 Å². The smallest absolute Gasteiger partial charge is 0.242 e. The van der Waals surface area contributed by atoms with Crippen LogP contribution in [0.1, 0.15) is 25.0 Å². The minimum Gasteiger partial charge on any atom is -0.493 e. The highest BCUT2D eigenvalue weighted by Crippen LogP contribution is 2.34. The number of piperazine rings is 1. The number of ether oxygens (including phenoxy) is 1. The Morgan fingerprint density at radius 1 is 1.45 bits per heavy atom. The number of hydrogen-bond donors (Lipinski definition) is 1. The quantitative estimate of drug-likeness (QED) is 0.907. The molecule has 0 saturated carbocycles. The molecule has 1 fully saturated rings. The van der Waals surface area contributed by atoms with E-state index in [0.29, 0.717) is 24.7 Å². The molecule has 108 valence electrons. The monoisotopic (exact) mass is 294 g/mol. The molecule has 3 rings (SSSR count). The number of hydrogen-bond acceptors (Lipinski definition) is 3. The van der Waals surface area contributed by atoms with Gasteiger partial charge in [0.2, 0.25) is 5.91 Å². The molecule has 1 saturated heterocycles. The van der Waals surface area contributed by atoms with Crippen molar-refractivity contribution in [1.29, 1.82) is 0 Å². The first-order valence-electron chi connectivity index (χ1n) is 6.96. The zero-order valence-corrected chi connectivity index (χ0v) is 12.6. The van der Waals surface area contributed by atoms with Gasteiger partial charge in [-0.15, -0.1) is 0 Å². The third-order valence-electron chi connectivity index (χ3n) is 3.96. The summed E-state index contributed by atoms with van der Waals surface area (Å²) in [5.41, 5.74) is 1.66. The summed E-state index contributed by atoms with van der Waals surface area (Å²) in [4.78, 5) is 14.3. The van der Waals surface area contributed by atoms with Gasteiger partial charge in [0.15, 0.2) is 0 Å². The summed E-state index contributed by atoms with van der Waals surface area (Å²) in [6.45, 7) is 6.61. The van der Waals surface area contributed by atoms with E-state index in [0.717, 1.165) is 29.8 Å². The first kappa shape index (κ1) is 13.7. The molecule has 1 aromatic carbocycles. The average molecular weight is 295 g/mol. The number of halogens is 1. The van der Waals surface area contributed by atoms with Gasteiger partial charge in [-0.1, -0.05) is 11.6 Å². The molecule has 1 amide bonds. The Kier molecular flexibility index (Phi) is 3.38. The predicted molar refractivity (Wildman–Crippen MR) is 78.1 cm³/mol. The normalized spacial score (nSPS) is 20.8. The third kappa shape index (κ3) is 2.38. The van der Waals surface area contributed by atoms with Gasteiger partial charge in [0.1, 0.15) is 5.75 Å².